The lowest BCUT2D eigenvalue weighted by atomic mass is 10.2. The molecule has 1 N–H and O–H groups in total. The van der Waals surface area contributed by atoms with Gasteiger partial charge in [-0.2, -0.15) is 4.68 Å². The molecule has 0 saturated heterocycles. The fourth-order valence-corrected chi connectivity index (χ4v) is 4.09. The smallest absolute Gasteiger partial charge is 0.340 e. The number of rotatable bonds is 8. The lowest BCUT2D eigenvalue weighted by molar-refractivity contribution is 0.0601. The first-order valence-electron chi connectivity index (χ1n) is 10.6. The highest BCUT2D eigenvalue weighted by Gasteiger charge is 2.18. The molecule has 0 fully saturated rings. The van der Waals surface area contributed by atoms with Crippen LogP contribution in [0.2, 0.25) is 0 Å². The van der Waals surface area contributed by atoms with Gasteiger partial charge in [0, 0.05) is 10.9 Å². The van der Waals surface area contributed by atoms with Gasteiger partial charge in [-0.3, -0.25) is 9.89 Å². The van der Waals surface area contributed by atoms with E-state index in [0.717, 1.165) is 24.1 Å². The number of ether oxygens (including phenoxy) is 1. The summed E-state index contributed by atoms with van der Waals surface area (Å²) in [5.41, 5.74) is 2.93. The Bertz CT molecular complexity index is 1340. The maximum absolute atomic E-state index is 13.2. The number of H-pyrrole nitrogens is 1. The van der Waals surface area contributed by atoms with Crippen molar-refractivity contribution < 1.29 is 9.53 Å². The predicted octanol–water partition coefficient (Wildman–Crippen LogP) is 5.83. The number of benzene rings is 2. The van der Waals surface area contributed by atoms with Crippen LogP contribution in [0.5, 0.6) is 0 Å². The van der Waals surface area contributed by atoms with Gasteiger partial charge in [-0.25, -0.2) is 9.78 Å². The van der Waals surface area contributed by atoms with Crippen molar-refractivity contribution in [2.24, 2.45) is 10.2 Å². The number of thiazole rings is 1. The van der Waals surface area contributed by atoms with E-state index in [1.807, 2.05) is 35.7 Å². The van der Waals surface area contributed by atoms with Crippen molar-refractivity contribution in [3.05, 3.63) is 81.6 Å². The average molecular weight is 462 g/mol. The Morgan fingerprint density at radius 1 is 1.12 bits per heavy atom. The molecule has 0 radical (unpaired) electrons. The van der Waals surface area contributed by atoms with E-state index in [1.54, 1.807) is 24.3 Å². The summed E-state index contributed by atoms with van der Waals surface area (Å²) < 4.78 is 6.22. The molecule has 0 aliphatic carbocycles. The summed E-state index contributed by atoms with van der Waals surface area (Å²) in [5.74, 6) is -0.515. The van der Waals surface area contributed by atoms with Crippen molar-refractivity contribution in [2.75, 3.05) is 7.11 Å². The predicted molar refractivity (Wildman–Crippen MR) is 128 cm³/mol. The van der Waals surface area contributed by atoms with Crippen molar-refractivity contribution in [3.8, 4) is 16.4 Å². The first kappa shape index (κ1) is 22.3. The van der Waals surface area contributed by atoms with Gasteiger partial charge in [-0.15, -0.1) is 21.6 Å². The Labute approximate surface area is 194 Å². The molecule has 4 rings (SSSR count). The standard InChI is InChI=1S/C24H23N5O3S/c1-3-4-13-19-21(27-26-18-14-9-8-12-17(18)23(31)32-2)22(30)29(28-19)24-25-20(15-33-24)16-10-6-5-7-11-16/h5-12,14-15,28H,3-4,13H2,1-2H3. The molecule has 33 heavy (non-hydrogen) atoms. The van der Waals surface area contributed by atoms with E-state index in [-0.39, 0.29) is 16.8 Å². The van der Waals surface area contributed by atoms with Crippen molar-refractivity contribution >= 4 is 28.7 Å². The topological polar surface area (TPSA) is 102 Å². The second kappa shape index (κ2) is 10.2. The maximum atomic E-state index is 13.2. The number of hydrogen-bond donors (Lipinski definition) is 1. The van der Waals surface area contributed by atoms with E-state index in [1.165, 1.54) is 23.1 Å². The highest BCUT2D eigenvalue weighted by molar-refractivity contribution is 7.12. The fourth-order valence-electron chi connectivity index (χ4n) is 3.30. The lowest BCUT2D eigenvalue weighted by Gasteiger charge is -2.01. The van der Waals surface area contributed by atoms with E-state index in [9.17, 15) is 9.59 Å². The number of unbranched alkanes of at least 4 members (excludes halogenated alkanes) is 1. The molecule has 0 aliphatic rings. The third kappa shape index (κ3) is 4.83. The average Bonchev–Trinajstić information content (AvgIpc) is 3.46. The molecule has 0 aliphatic heterocycles. The lowest BCUT2D eigenvalue weighted by Crippen LogP contribution is -2.13. The normalized spacial score (nSPS) is 11.2. The van der Waals surface area contributed by atoms with E-state index in [2.05, 4.69) is 27.2 Å². The number of esters is 1. The summed E-state index contributed by atoms with van der Waals surface area (Å²) in [5, 5.41) is 14.0. The number of aromatic nitrogens is 3. The zero-order chi connectivity index (χ0) is 23.2. The minimum Gasteiger partial charge on any atom is -0.465 e. The van der Waals surface area contributed by atoms with Crippen LogP contribution in [-0.4, -0.2) is 27.8 Å². The molecule has 2 aromatic heterocycles. The summed E-state index contributed by atoms with van der Waals surface area (Å²) in [7, 11) is 1.31. The Balaban J connectivity index is 1.73. The number of aromatic amines is 1. The van der Waals surface area contributed by atoms with Crippen molar-refractivity contribution in [3.63, 3.8) is 0 Å². The minimum absolute atomic E-state index is 0.208. The summed E-state index contributed by atoms with van der Waals surface area (Å²) in [4.78, 5) is 29.9. The summed E-state index contributed by atoms with van der Waals surface area (Å²) in [6, 6.07) is 16.5. The van der Waals surface area contributed by atoms with Crippen LogP contribution in [0.15, 0.2) is 75.0 Å². The van der Waals surface area contributed by atoms with Crippen LogP contribution in [-0.2, 0) is 11.2 Å². The van der Waals surface area contributed by atoms with Crippen LogP contribution in [0.1, 0.15) is 35.8 Å². The van der Waals surface area contributed by atoms with Crippen molar-refractivity contribution in [1.82, 2.24) is 14.8 Å². The number of hydrogen-bond acceptors (Lipinski definition) is 7. The van der Waals surface area contributed by atoms with Crippen molar-refractivity contribution in [1.29, 1.82) is 0 Å². The molecule has 9 heteroatoms. The van der Waals surface area contributed by atoms with Crippen LogP contribution in [0.3, 0.4) is 0 Å². The van der Waals surface area contributed by atoms with E-state index in [4.69, 9.17) is 4.74 Å². The molecule has 168 valence electrons. The Hall–Kier alpha value is -3.85. The van der Waals surface area contributed by atoms with E-state index in [0.29, 0.717) is 22.9 Å². The molecule has 0 atom stereocenters. The Kier molecular flexibility index (Phi) is 6.89. The van der Waals surface area contributed by atoms with Gasteiger partial charge in [0.25, 0.3) is 0 Å². The molecular formula is C24H23N5O3S. The summed E-state index contributed by atoms with van der Waals surface area (Å²) in [6.07, 6.45) is 2.49. The number of nitrogens with one attached hydrogen (secondary N) is 1. The van der Waals surface area contributed by atoms with Gasteiger partial charge in [-0.05, 0) is 25.0 Å². The number of azo groups is 1. The Morgan fingerprint density at radius 2 is 1.88 bits per heavy atom. The second-order valence-electron chi connectivity index (χ2n) is 7.27. The number of carbonyl (C=O) groups excluding carboxylic acids is 1. The SMILES string of the molecule is CCCCc1[nH]n(-c2nc(-c3ccccc3)cs2)c(=O)c1N=Nc1ccccc1C(=O)OC. The first-order chi connectivity index (χ1) is 16.1. The highest BCUT2D eigenvalue weighted by Crippen LogP contribution is 2.26. The number of carbonyl (C=O) groups is 1. The Morgan fingerprint density at radius 3 is 2.64 bits per heavy atom. The molecule has 0 saturated carbocycles. The summed E-state index contributed by atoms with van der Waals surface area (Å²) >= 11 is 1.37. The van der Waals surface area contributed by atoms with Crippen LogP contribution >= 0.6 is 11.3 Å². The molecule has 0 unspecified atom stereocenters. The second-order valence-corrected chi connectivity index (χ2v) is 8.11. The third-order valence-electron chi connectivity index (χ3n) is 5.04. The zero-order valence-corrected chi connectivity index (χ0v) is 19.1. The number of aryl methyl sites for hydroxylation is 1. The third-order valence-corrected chi connectivity index (χ3v) is 5.86. The van der Waals surface area contributed by atoms with Crippen LogP contribution < -0.4 is 5.56 Å². The molecular weight excluding hydrogens is 438 g/mol. The molecule has 2 heterocycles. The zero-order valence-electron chi connectivity index (χ0n) is 18.3. The van der Waals surface area contributed by atoms with E-state index < -0.39 is 5.97 Å². The van der Waals surface area contributed by atoms with Gasteiger partial charge in [0.15, 0.2) is 5.69 Å². The number of nitrogens with zero attached hydrogens (tertiary/aromatic N) is 4. The largest absolute Gasteiger partial charge is 0.465 e. The van der Waals surface area contributed by atoms with Gasteiger partial charge in [0.2, 0.25) is 5.13 Å². The molecule has 0 spiro atoms. The maximum Gasteiger partial charge on any atom is 0.340 e. The van der Waals surface area contributed by atoms with Gasteiger partial charge in [0.1, 0.15) is 5.69 Å². The van der Waals surface area contributed by atoms with Gasteiger partial charge in [0.05, 0.1) is 24.1 Å². The molecule has 4 aromatic rings. The molecule has 0 amide bonds. The molecule has 0 bridgehead atoms. The minimum atomic E-state index is -0.515. The van der Waals surface area contributed by atoms with Gasteiger partial charge >= 0.3 is 11.5 Å². The van der Waals surface area contributed by atoms with Crippen LogP contribution in [0, 0.1) is 0 Å². The van der Waals surface area contributed by atoms with Gasteiger partial charge in [-0.1, -0.05) is 55.8 Å². The monoisotopic (exact) mass is 461 g/mol. The first-order valence-corrected chi connectivity index (χ1v) is 11.4. The quantitative estimate of drug-likeness (QED) is 0.263. The highest BCUT2D eigenvalue weighted by atomic mass is 32.1. The van der Waals surface area contributed by atoms with Crippen molar-refractivity contribution in [2.45, 2.75) is 26.2 Å². The van der Waals surface area contributed by atoms with Crippen LogP contribution in [0.25, 0.3) is 16.4 Å². The summed E-state index contributed by atoms with van der Waals surface area (Å²) in [6.45, 7) is 2.08. The van der Waals surface area contributed by atoms with Crippen LogP contribution in [0.4, 0.5) is 11.4 Å². The van der Waals surface area contributed by atoms with E-state index >= 15 is 0 Å². The van der Waals surface area contributed by atoms with Gasteiger partial charge < -0.3 is 4.74 Å². The number of methoxy groups -OCH3 is 1. The molecule has 8 nitrogen and oxygen atoms in total. The molecule has 2 aromatic carbocycles. The fraction of sp³-hybridized carbons (Fsp3) is 0.208.